The predicted octanol–water partition coefficient (Wildman–Crippen LogP) is 3.42. The third-order valence-corrected chi connectivity index (χ3v) is 6.77. The quantitative estimate of drug-likeness (QED) is 0.649. The number of sulfonamides is 1. The summed E-state index contributed by atoms with van der Waals surface area (Å²) in [5.74, 6) is 1.81. The van der Waals surface area contributed by atoms with Crippen LogP contribution in [0.5, 0.6) is 11.5 Å². The molecule has 6 nitrogen and oxygen atoms in total. The molecule has 0 aliphatic carbocycles. The smallest absolute Gasteiger partial charge is 0.240 e. The number of rotatable bonds is 9. The van der Waals surface area contributed by atoms with Crippen LogP contribution in [0.25, 0.3) is 0 Å². The first kappa shape index (κ1) is 21.9. The Morgan fingerprint density at radius 2 is 1.83 bits per heavy atom. The largest absolute Gasteiger partial charge is 0.493 e. The van der Waals surface area contributed by atoms with Gasteiger partial charge in [0.15, 0.2) is 11.5 Å². The lowest BCUT2D eigenvalue weighted by atomic mass is 9.97. The van der Waals surface area contributed by atoms with Crippen molar-refractivity contribution in [1.82, 2.24) is 9.62 Å². The predicted molar refractivity (Wildman–Crippen MR) is 114 cm³/mol. The highest BCUT2D eigenvalue weighted by molar-refractivity contribution is 7.89. The standard InChI is InChI=1S/C21H27ClN2O4S/c1-27-20-7-2-3-8-21(20)28-14-13-24-11-9-17(10-12-24)16-23-29(25,26)19-6-4-5-18(22)15-19/h2-8,15,17,23H,9-14,16H2,1H3. The van der Waals surface area contributed by atoms with Crippen molar-refractivity contribution in [2.24, 2.45) is 5.92 Å². The zero-order chi connectivity index (χ0) is 20.7. The Balaban J connectivity index is 1.39. The van der Waals surface area contributed by atoms with E-state index < -0.39 is 10.0 Å². The van der Waals surface area contributed by atoms with E-state index in [1.165, 1.54) is 6.07 Å². The molecule has 1 fully saturated rings. The van der Waals surface area contributed by atoms with Gasteiger partial charge in [-0.3, -0.25) is 4.90 Å². The highest BCUT2D eigenvalue weighted by atomic mass is 35.5. The molecule has 0 spiro atoms. The lowest BCUT2D eigenvalue weighted by Gasteiger charge is -2.31. The van der Waals surface area contributed by atoms with Gasteiger partial charge >= 0.3 is 0 Å². The van der Waals surface area contributed by atoms with Crippen molar-refractivity contribution in [1.29, 1.82) is 0 Å². The summed E-state index contributed by atoms with van der Waals surface area (Å²) in [5.41, 5.74) is 0. The van der Waals surface area contributed by atoms with Crippen LogP contribution in [0.4, 0.5) is 0 Å². The average molecular weight is 439 g/mol. The van der Waals surface area contributed by atoms with E-state index in [1.54, 1.807) is 25.3 Å². The summed E-state index contributed by atoms with van der Waals surface area (Å²) >= 11 is 5.90. The third kappa shape index (κ3) is 6.34. The van der Waals surface area contributed by atoms with E-state index in [0.717, 1.165) is 44.0 Å². The van der Waals surface area contributed by atoms with Gasteiger partial charge in [-0.15, -0.1) is 0 Å². The van der Waals surface area contributed by atoms with E-state index in [2.05, 4.69) is 9.62 Å². The zero-order valence-electron chi connectivity index (χ0n) is 16.5. The average Bonchev–Trinajstić information content (AvgIpc) is 2.73. The summed E-state index contributed by atoms with van der Waals surface area (Å²) in [4.78, 5) is 2.55. The molecule has 3 rings (SSSR count). The van der Waals surface area contributed by atoms with Gasteiger partial charge in [0, 0.05) is 18.1 Å². The van der Waals surface area contributed by atoms with Gasteiger partial charge in [0.1, 0.15) is 6.61 Å². The van der Waals surface area contributed by atoms with Crippen LogP contribution in [0.2, 0.25) is 5.02 Å². The van der Waals surface area contributed by atoms with Gasteiger partial charge in [-0.25, -0.2) is 13.1 Å². The van der Waals surface area contributed by atoms with Gasteiger partial charge in [-0.1, -0.05) is 29.8 Å². The van der Waals surface area contributed by atoms with Gasteiger partial charge < -0.3 is 9.47 Å². The molecule has 158 valence electrons. The van der Waals surface area contributed by atoms with Crippen molar-refractivity contribution in [2.45, 2.75) is 17.7 Å². The van der Waals surface area contributed by atoms with Crippen LogP contribution in [-0.2, 0) is 10.0 Å². The molecule has 2 aromatic carbocycles. The van der Waals surface area contributed by atoms with E-state index in [0.29, 0.717) is 24.1 Å². The molecule has 8 heteroatoms. The molecule has 29 heavy (non-hydrogen) atoms. The van der Waals surface area contributed by atoms with E-state index in [1.807, 2.05) is 24.3 Å². The number of piperidine rings is 1. The maximum atomic E-state index is 12.4. The topological polar surface area (TPSA) is 67.9 Å². The lowest BCUT2D eigenvalue weighted by Crippen LogP contribution is -2.40. The Bertz CT molecular complexity index is 899. The molecule has 0 unspecified atom stereocenters. The Labute approximate surface area is 177 Å². The highest BCUT2D eigenvalue weighted by Gasteiger charge is 2.22. The first-order valence-electron chi connectivity index (χ1n) is 9.71. The highest BCUT2D eigenvalue weighted by Crippen LogP contribution is 2.26. The van der Waals surface area contributed by atoms with Crippen molar-refractivity contribution in [2.75, 3.05) is 39.9 Å². The monoisotopic (exact) mass is 438 g/mol. The second kappa shape index (κ2) is 10.3. The van der Waals surface area contributed by atoms with Crippen molar-refractivity contribution < 1.29 is 17.9 Å². The molecular weight excluding hydrogens is 412 g/mol. The van der Waals surface area contributed by atoms with Crippen molar-refractivity contribution in [3.8, 4) is 11.5 Å². The fourth-order valence-corrected chi connectivity index (χ4v) is 4.80. The van der Waals surface area contributed by atoms with Crippen LogP contribution in [0, 0.1) is 5.92 Å². The van der Waals surface area contributed by atoms with Crippen LogP contribution in [0.15, 0.2) is 53.4 Å². The fraction of sp³-hybridized carbons (Fsp3) is 0.429. The van der Waals surface area contributed by atoms with E-state index >= 15 is 0 Å². The van der Waals surface area contributed by atoms with Crippen LogP contribution >= 0.6 is 11.6 Å². The normalized spacial score (nSPS) is 15.9. The first-order chi connectivity index (χ1) is 14.0. The number of nitrogens with one attached hydrogen (secondary N) is 1. The van der Waals surface area contributed by atoms with Gasteiger partial charge in [0.25, 0.3) is 0 Å². The fourth-order valence-electron chi connectivity index (χ4n) is 3.38. The van der Waals surface area contributed by atoms with Gasteiger partial charge in [-0.05, 0) is 62.2 Å². The number of hydrogen-bond donors (Lipinski definition) is 1. The molecule has 0 bridgehead atoms. The summed E-state index contributed by atoms with van der Waals surface area (Å²) in [7, 11) is -1.89. The minimum Gasteiger partial charge on any atom is -0.493 e. The van der Waals surface area contributed by atoms with Crippen LogP contribution < -0.4 is 14.2 Å². The number of para-hydroxylation sites is 2. The number of halogens is 1. The Kier molecular flexibility index (Phi) is 7.77. The summed E-state index contributed by atoms with van der Waals surface area (Å²) < 4.78 is 38.7. The number of likely N-dealkylation sites (tertiary alicyclic amines) is 1. The second-order valence-corrected chi connectivity index (χ2v) is 9.30. The SMILES string of the molecule is COc1ccccc1OCCN1CCC(CNS(=O)(=O)c2cccc(Cl)c2)CC1. The Morgan fingerprint density at radius 3 is 2.52 bits per heavy atom. The zero-order valence-corrected chi connectivity index (χ0v) is 18.1. The van der Waals surface area contributed by atoms with Crippen molar-refractivity contribution >= 4 is 21.6 Å². The lowest BCUT2D eigenvalue weighted by molar-refractivity contribution is 0.154. The minimum atomic E-state index is -3.53. The van der Waals surface area contributed by atoms with Crippen molar-refractivity contribution in [3.05, 3.63) is 53.6 Å². The van der Waals surface area contributed by atoms with Crippen LogP contribution in [0.3, 0.4) is 0 Å². The number of nitrogens with zero attached hydrogens (tertiary/aromatic N) is 1. The van der Waals surface area contributed by atoms with Gasteiger partial charge in [0.05, 0.1) is 12.0 Å². The maximum absolute atomic E-state index is 12.4. The minimum absolute atomic E-state index is 0.205. The molecule has 1 N–H and O–H groups in total. The maximum Gasteiger partial charge on any atom is 0.240 e. The number of hydrogen-bond acceptors (Lipinski definition) is 5. The number of ether oxygens (including phenoxy) is 2. The summed E-state index contributed by atoms with van der Waals surface area (Å²) in [6.07, 6.45) is 1.90. The molecule has 0 atom stereocenters. The molecule has 0 amide bonds. The summed E-state index contributed by atoms with van der Waals surface area (Å²) in [6.45, 7) is 3.73. The molecule has 2 aromatic rings. The number of methoxy groups -OCH3 is 1. The van der Waals surface area contributed by atoms with Gasteiger partial charge in [-0.2, -0.15) is 0 Å². The first-order valence-corrected chi connectivity index (χ1v) is 11.6. The van der Waals surface area contributed by atoms with E-state index in [9.17, 15) is 8.42 Å². The molecule has 1 aliphatic heterocycles. The second-order valence-electron chi connectivity index (χ2n) is 7.09. The summed E-state index contributed by atoms with van der Waals surface area (Å²) in [5, 5.41) is 0.413. The van der Waals surface area contributed by atoms with E-state index in [4.69, 9.17) is 21.1 Å². The molecule has 0 aromatic heterocycles. The molecule has 0 saturated carbocycles. The molecule has 0 radical (unpaired) electrons. The summed E-state index contributed by atoms with van der Waals surface area (Å²) in [6, 6.07) is 13.9. The van der Waals surface area contributed by atoms with Gasteiger partial charge in [0.2, 0.25) is 10.0 Å². The molecule has 1 aliphatic rings. The Hall–Kier alpha value is -1.80. The van der Waals surface area contributed by atoms with Crippen molar-refractivity contribution in [3.63, 3.8) is 0 Å². The number of benzene rings is 2. The molecule has 1 saturated heterocycles. The van der Waals surface area contributed by atoms with Crippen LogP contribution in [0.1, 0.15) is 12.8 Å². The third-order valence-electron chi connectivity index (χ3n) is 5.11. The van der Waals surface area contributed by atoms with E-state index in [-0.39, 0.29) is 4.90 Å². The Morgan fingerprint density at radius 1 is 1.10 bits per heavy atom. The van der Waals surface area contributed by atoms with Crippen LogP contribution in [-0.4, -0.2) is 53.2 Å². The molecule has 1 heterocycles. The molecular formula is C21H27ClN2O4S.